The largest absolute Gasteiger partial charge is 0.368 e. The fraction of sp³-hybridized carbons (Fsp3) is 0.857. The molecule has 0 saturated carbocycles. The molecule has 2 aliphatic rings. The van der Waals surface area contributed by atoms with Gasteiger partial charge in [0.25, 0.3) is 0 Å². The van der Waals surface area contributed by atoms with Gasteiger partial charge >= 0.3 is 0 Å². The van der Waals surface area contributed by atoms with Crippen molar-refractivity contribution in [3.8, 4) is 0 Å². The van der Waals surface area contributed by atoms with Crippen LogP contribution in [-0.4, -0.2) is 43.0 Å². The number of piperidine rings is 1. The Balaban J connectivity index is 2.07. The first kappa shape index (κ1) is 6.31. The van der Waals surface area contributed by atoms with E-state index in [9.17, 15) is 4.79 Å². The fourth-order valence-electron chi connectivity index (χ4n) is 1.53. The normalized spacial score (nSPS) is 39.8. The third-order valence-corrected chi connectivity index (χ3v) is 2.18. The highest BCUT2D eigenvalue weighted by Gasteiger charge is 2.30. The molecule has 2 bridgehead atoms. The van der Waals surface area contributed by atoms with Gasteiger partial charge in [-0.2, -0.15) is 0 Å². The number of morpholine rings is 1. The van der Waals surface area contributed by atoms with E-state index in [-0.39, 0.29) is 11.9 Å². The quantitative estimate of drug-likeness (QED) is 0.462. The number of fused-ring (bicyclic) bond motifs is 2. The number of rotatable bonds is 0. The van der Waals surface area contributed by atoms with E-state index in [1.807, 2.05) is 0 Å². The van der Waals surface area contributed by atoms with Gasteiger partial charge in [0.05, 0.1) is 6.61 Å². The molecule has 10 heavy (non-hydrogen) atoms. The molecule has 0 aromatic carbocycles. The minimum atomic E-state index is -0.0949. The predicted octanol–water partition coefficient (Wildman–Crippen LogP) is -0.340. The standard InChI is InChI=1S/C7H11NO2/c9-6-1-2-8-3-4-10-7(6)5-8/h7H,1-5H2/t7-/m0/s1. The number of carbonyl (C=O) groups is 1. The molecule has 3 nitrogen and oxygen atoms in total. The Morgan fingerprint density at radius 2 is 2.40 bits per heavy atom. The Kier molecular flexibility index (Phi) is 1.47. The zero-order chi connectivity index (χ0) is 6.97. The molecule has 0 radical (unpaired) electrons. The Bertz CT molecular complexity index is 158. The Labute approximate surface area is 60.0 Å². The Hall–Kier alpha value is -0.410. The van der Waals surface area contributed by atoms with E-state index in [1.54, 1.807) is 0 Å². The SMILES string of the molecule is O=C1CCN2CCO[C@H]1C2. The van der Waals surface area contributed by atoms with Crippen LogP contribution in [0.1, 0.15) is 6.42 Å². The van der Waals surface area contributed by atoms with Crippen molar-refractivity contribution in [3.63, 3.8) is 0 Å². The third-order valence-electron chi connectivity index (χ3n) is 2.18. The number of hydrogen-bond acceptors (Lipinski definition) is 3. The second-order valence-electron chi connectivity index (χ2n) is 2.88. The Morgan fingerprint density at radius 3 is 3.20 bits per heavy atom. The van der Waals surface area contributed by atoms with E-state index in [4.69, 9.17) is 4.74 Å². The van der Waals surface area contributed by atoms with Crippen molar-refractivity contribution in [3.05, 3.63) is 0 Å². The number of ketones is 1. The van der Waals surface area contributed by atoms with Crippen LogP contribution in [0.3, 0.4) is 0 Å². The molecule has 0 aliphatic carbocycles. The van der Waals surface area contributed by atoms with Crippen molar-refractivity contribution < 1.29 is 9.53 Å². The summed E-state index contributed by atoms with van der Waals surface area (Å²) in [5.74, 6) is 0.288. The molecule has 0 N–H and O–H groups in total. The maximum absolute atomic E-state index is 11.1. The number of Topliss-reactive ketones (excluding diaryl/α,β-unsaturated/α-hetero) is 1. The van der Waals surface area contributed by atoms with E-state index in [2.05, 4.69) is 4.90 Å². The maximum Gasteiger partial charge on any atom is 0.164 e. The summed E-state index contributed by atoms with van der Waals surface area (Å²) in [5.41, 5.74) is 0. The lowest BCUT2D eigenvalue weighted by Gasteiger charge is -2.36. The average Bonchev–Trinajstić information content (AvgIpc) is 1.99. The molecule has 2 saturated heterocycles. The van der Waals surface area contributed by atoms with E-state index in [1.165, 1.54) is 0 Å². The molecule has 56 valence electrons. The lowest BCUT2D eigenvalue weighted by Crippen LogP contribution is -2.51. The van der Waals surface area contributed by atoms with E-state index >= 15 is 0 Å². The molecule has 2 atom stereocenters. The van der Waals surface area contributed by atoms with Crippen molar-refractivity contribution in [1.29, 1.82) is 0 Å². The van der Waals surface area contributed by atoms with Gasteiger partial charge in [0, 0.05) is 26.1 Å². The molecule has 2 aliphatic heterocycles. The highest BCUT2D eigenvalue weighted by atomic mass is 16.5. The zero-order valence-corrected chi connectivity index (χ0v) is 5.88. The Morgan fingerprint density at radius 1 is 1.50 bits per heavy atom. The molecule has 0 aromatic heterocycles. The average molecular weight is 141 g/mol. The molecule has 1 unspecified atom stereocenters. The van der Waals surface area contributed by atoms with Crippen LogP contribution in [-0.2, 0) is 9.53 Å². The van der Waals surface area contributed by atoms with Crippen LogP contribution in [0.5, 0.6) is 0 Å². The summed E-state index contributed by atoms with van der Waals surface area (Å²) in [7, 11) is 0. The van der Waals surface area contributed by atoms with Gasteiger partial charge in [-0.3, -0.25) is 9.69 Å². The molecular weight excluding hydrogens is 130 g/mol. The van der Waals surface area contributed by atoms with Crippen LogP contribution in [0.25, 0.3) is 0 Å². The fourth-order valence-corrected chi connectivity index (χ4v) is 1.53. The first-order valence-corrected chi connectivity index (χ1v) is 3.73. The van der Waals surface area contributed by atoms with Gasteiger partial charge in [-0.05, 0) is 0 Å². The minimum Gasteiger partial charge on any atom is -0.368 e. The first-order valence-electron chi connectivity index (χ1n) is 3.73. The second-order valence-corrected chi connectivity index (χ2v) is 2.88. The van der Waals surface area contributed by atoms with Crippen LogP contribution < -0.4 is 0 Å². The molecule has 0 aromatic rings. The lowest BCUT2D eigenvalue weighted by atomic mass is 10.1. The van der Waals surface area contributed by atoms with Crippen LogP contribution in [0, 0.1) is 0 Å². The van der Waals surface area contributed by atoms with Crippen molar-refractivity contribution in [2.24, 2.45) is 0 Å². The second kappa shape index (κ2) is 2.32. The van der Waals surface area contributed by atoms with Crippen LogP contribution in [0.4, 0.5) is 0 Å². The van der Waals surface area contributed by atoms with Gasteiger partial charge in [0.2, 0.25) is 0 Å². The monoisotopic (exact) mass is 141 g/mol. The smallest absolute Gasteiger partial charge is 0.164 e. The van der Waals surface area contributed by atoms with Crippen molar-refractivity contribution in [2.45, 2.75) is 12.5 Å². The molecule has 3 heteroatoms. The highest BCUT2D eigenvalue weighted by Crippen LogP contribution is 2.13. The molecule has 2 rings (SSSR count). The third kappa shape index (κ3) is 0.954. The number of hydrogen-bond donors (Lipinski definition) is 0. The zero-order valence-electron chi connectivity index (χ0n) is 5.88. The van der Waals surface area contributed by atoms with Crippen LogP contribution in [0.2, 0.25) is 0 Å². The summed E-state index contributed by atoms with van der Waals surface area (Å²) in [6.45, 7) is 3.51. The molecule has 2 heterocycles. The van der Waals surface area contributed by atoms with Gasteiger partial charge in [0.15, 0.2) is 5.78 Å². The number of nitrogens with zero attached hydrogens (tertiary/aromatic N) is 1. The molecule has 2 fully saturated rings. The van der Waals surface area contributed by atoms with Crippen LogP contribution in [0.15, 0.2) is 0 Å². The van der Waals surface area contributed by atoms with Gasteiger partial charge in [-0.1, -0.05) is 0 Å². The molecule has 0 spiro atoms. The van der Waals surface area contributed by atoms with Crippen LogP contribution >= 0.6 is 0 Å². The van der Waals surface area contributed by atoms with Gasteiger partial charge in [-0.15, -0.1) is 0 Å². The highest BCUT2D eigenvalue weighted by molar-refractivity contribution is 5.84. The van der Waals surface area contributed by atoms with Gasteiger partial charge < -0.3 is 4.74 Å². The summed E-state index contributed by atoms with van der Waals surface area (Å²) in [4.78, 5) is 13.3. The summed E-state index contributed by atoms with van der Waals surface area (Å²) >= 11 is 0. The topological polar surface area (TPSA) is 29.5 Å². The number of ether oxygens (including phenoxy) is 1. The summed E-state index contributed by atoms with van der Waals surface area (Å²) in [6, 6.07) is 0. The maximum atomic E-state index is 11.1. The van der Waals surface area contributed by atoms with E-state index in [0.717, 1.165) is 26.2 Å². The number of carbonyl (C=O) groups excluding carboxylic acids is 1. The van der Waals surface area contributed by atoms with Crippen molar-refractivity contribution in [1.82, 2.24) is 4.90 Å². The van der Waals surface area contributed by atoms with E-state index < -0.39 is 0 Å². The molecular formula is C7H11NO2. The van der Waals surface area contributed by atoms with Crippen molar-refractivity contribution in [2.75, 3.05) is 26.2 Å². The van der Waals surface area contributed by atoms with Gasteiger partial charge in [0.1, 0.15) is 6.10 Å². The van der Waals surface area contributed by atoms with Gasteiger partial charge in [-0.25, -0.2) is 0 Å². The van der Waals surface area contributed by atoms with Crippen molar-refractivity contribution >= 4 is 5.78 Å². The summed E-state index contributed by atoms with van der Waals surface area (Å²) in [5, 5.41) is 0. The van der Waals surface area contributed by atoms with E-state index in [0.29, 0.717) is 6.42 Å². The predicted molar refractivity (Wildman–Crippen MR) is 35.8 cm³/mol. The lowest BCUT2D eigenvalue weighted by molar-refractivity contribution is -0.142. The summed E-state index contributed by atoms with van der Waals surface area (Å²) in [6.07, 6.45) is 0.590. The molecule has 0 amide bonds. The summed E-state index contributed by atoms with van der Waals surface area (Å²) < 4.78 is 5.27. The minimum absolute atomic E-state index is 0.0949. The first-order chi connectivity index (χ1) is 4.86.